The molecule has 0 amide bonds. The van der Waals surface area contributed by atoms with Gasteiger partial charge < -0.3 is 14.6 Å². The van der Waals surface area contributed by atoms with Crippen LogP contribution in [0.25, 0.3) is 11.0 Å². The number of anilines is 4. The Morgan fingerprint density at radius 1 is 0.980 bits per heavy atom. The lowest BCUT2D eigenvalue weighted by molar-refractivity contribution is 0.332. The molecule has 3 nitrogen and oxygen atoms in total. The van der Waals surface area contributed by atoms with Crippen LogP contribution in [0, 0.1) is 5.92 Å². The fourth-order valence-electron chi connectivity index (χ4n) is 8.49. The average molecular weight is 663 g/mol. The van der Waals surface area contributed by atoms with Gasteiger partial charge in [0.2, 0.25) is 0 Å². The highest BCUT2D eigenvalue weighted by molar-refractivity contribution is 6.94. The molecule has 4 aromatic rings. The second-order valence-electron chi connectivity index (χ2n) is 16.5. The quantitative estimate of drug-likeness (QED) is 0.158. The van der Waals surface area contributed by atoms with Crippen LogP contribution in [-0.2, 0) is 10.8 Å². The number of hydrogen-bond acceptors (Lipinski definition) is 3. The van der Waals surface area contributed by atoms with Gasteiger partial charge in [-0.2, -0.15) is 0 Å². The molecule has 0 saturated heterocycles. The van der Waals surface area contributed by atoms with Gasteiger partial charge in [0.1, 0.15) is 5.58 Å². The van der Waals surface area contributed by atoms with Crippen molar-refractivity contribution in [2.24, 2.45) is 5.92 Å². The standard InChI is InChI=1S/C46H55BN2O/c1-11-30(6)38(13-3)48-39-25-32(29(4)5)26-40-42(39)47(33-21-19-31(12-2)20-22-33)44-43(49(40)34-17-15-14-16-18-34)35-27-36-37(28-41(35)50-44)46(9,10)24-23-45(36,7)8/h11,13-19,21-22,25-29,31,48H,12,20,23-24H2,1-10H3/b30-11-,38-13+. The highest BCUT2D eigenvalue weighted by Crippen LogP contribution is 2.50. The molecule has 3 aromatic carbocycles. The maximum atomic E-state index is 7.31. The summed E-state index contributed by atoms with van der Waals surface area (Å²) in [5, 5.41) is 5.18. The maximum absolute atomic E-state index is 7.31. The Bertz CT molecular complexity index is 2070. The minimum atomic E-state index is -0.0628. The second kappa shape index (κ2) is 12.9. The van der Waals surface area contributed by atoms with Crippen molar-refractivity contribution in [1.29, 1.82) is 0 Å². The molecule has 0 bridgehead atoms. The molecule has 0 saturated carbocycles. The van der Waals surface area contributed by atoms with Crippen LogP contribution in [0.15, 0.2) is 106 Å². The summed E-state index contributed by atoms with van der Waals surface area (Å²) in [5.74, 6) is 0.923. The molecule has 258 valence electrons. The summed E-state index contributed by atoms with van der Waals surface area (Å²) in [7, 11) is 0. The Morgan fingerprint density at radius 3 is 2.28 bits per heavy atom. The van der Waals surface area contributed by atoms with E-state index >= 15 is 0 Å². The largest absolute Gasteiger partial charge is 0.468 e. The lowest BCUT2D eigenvalue weighted by Gasteiger charge is -2.42. The number of allylic oxidation sites excluding steroid dienone is 7. The van der Waals surface area contributed by atoms with E-state index in [1.165, 1.54) is 62.8 Å². The van der Waals surface area contributed by atoms with E-state index in [1.807, 2.05) is 0 Å². The molecule has 1 aliphatic heterocycles. The summed E-state index contributed by atoms with van der Waals surface area (Å²) in [4.78, 5) is 2.51. The zero-order valence-electron chi connectivity index (χ0n) is 32.0. The summed E-state index contributed by atoms with van der Waals surface area (Å²) >= 11 is 0. The highest BCUT2D eigenvalue weighted by Gasteiger charge is 2.44. The molecule has 1 N–H and O–H groups in total. The second-order valence-corrected chi connectivity index (χ2v) is 16.5. The molecular weight excluding hydrogens is 607 g/mol. The zero-order valence-corrected chi connectivity index (χ0v) is 32.0. The molecule has 4 heteroatoms. The Balaban J connectivity index is 1.60. The van der Waals surface area contributed by atoms with Crippen molar-refractivity contribution < 1.29 is 4.42 Å². The van der Waals surface area contributed by atoms with Crippen LogP contribution in [0.3, 0.4) is 0 Å². The van der Waals surface area contributed by atoms with Gasteiger partial charge in [-0.3, -0.25) is 0 Å². The first-order valence-electron chi connectivity index (χ1n) is 19.0. The molecule has 2 heterocycles. The van der Waals surface area contributed by atoms with E-state index in [9.17, 15) is 0 Å². The van der Waals surface area contributed by atoms with Crippen LogP contribution in [0.1, 0.15) is 118 Å². The number of rotatable bonds is 7. The first kappa shape index (κ1) is 34.3. The van der Waals surface area contributed by atoms with Crippen LogP contribution in [0.2, 0.25) is 0 Å². The number of benzene rings is 3. The van der Waals surface area contributed by atoms with Gasteiger partial charge >= 0.3 is 0 Å². The fraction of sp³-hybridized carbons (Fsp3) is 0.391. The number of furan rings is 1. The van der Waals surface area contributed by atoms with Crippen LogP contribution < -0.4 is 21.3 Å². The van der Waals surface area contributed by atoms with E-state index in [0.29, 0.717) is 11.8 Å². The Morgan fingerprint density at radius 2 is 1.68 bits per heavy atom. The topological polar surface area (TPSA) is 28.4 Å². The minimum absolute atomic E-state index is 0.0628. The first-order valence-corrected chi connectivity index (χ1v) is 19.0. The number of fused-ring (bicyclic) bond motifs is 5. The monoisotopic (exact) mass is 662 g/mol. The Kier molecular flexibility index (Phi) is 8.82. The van der Waals surface area contributed by atoms with Gasteiger partial charge in [0.15, 0.2) is 0 Å². The summed E-state index contributed by atoms with van der Waals surface area (Å²) in [6.45, 7) is 22.9. The van der Waals surface area contributed by atoms with Gasteiger partial charge in [-0.25, -0.2) is 0 Å². The molecule has 0 spiro atoms. The third kappa shape index (κ3) is 5.69. The van der Waals surface area contributed by atoms with Crippen molar-refractivity contribution in [1.82, 2.24) is 0 Å². The number of para-hydroxylation sites is 1. The normalized spacial score (nSPS) is 19.7. The van der Waals surface area contributed by atoms with Crippen molar-refractivity contribution in [3.05, 3.63) is 118 Å². The average Bonchev–Trinajstić information content (AvgIpc) is 3.49. The van der Waals surface area contributed by atoms with Crippen molar-refractivity contribution in [3.63, 3.8) is 0 Å². The molecule has 50 heavy (non-hydrogen) atoms. The molecule has 1 atom stereocenters. The van der Waals surface area contributed by atoms with E-state index in [1.54, 1.807) is 0 Å². The summed E-state index contributed by atoms with van der Waals surface area (Å²) in [5.41, 5.74) is 16.1. The SMILES string of the molecule is C/C=C(C)\C(=C/C)Nc1cc(C(C)C)cc2c1B(C1=CCC(CC)C=C1)c1oc3cc4c(cc3c1N2c1ccccc1)C(C)(C)CCC4(C)C. The number of nitrogens with one attached hydrogen (secondary N) is 1. The molecule has 3 aliphatic rings. The number of hydrogen-bond donors (Lipinski definition) is 1. The van der Waals surface area contributed by atoms with E-state index in [-0.39, 0.29) is 17.5 Å². The number of nitrogens with zero attached hydrogens (tertiary/aromatic N) is 1. The summed E-state index contributed by atoms with van der Waals surface area (Å²) in [6.07, 6.45) is 16.2. The molecule has 0 radical (unpaired) electrons. The van der Waals surface area contributed by atoms with Gasteiger partial charge in [-0.15, -0.1) is 0 Å². The molecule has 0 fully saturated rings. The zero-order chi connectivity index (χ0) is 35.5. The smallest absolute Gasteiger partial charge is 0.294 e. The predicted octanol–water partition coefficient (Wildman–Crippen LogP) is 12.0. The fourth-order valence-corrected chi connectivity index (χ4v) is 8.49. The first-order chi connectivity index (χ1) is 23.9. The van der Waals surface area contributed by atoms with Gasteiger partial charge in [0.25, 0.3) is 6.71 Å². The Hall–Kier alpha value is -4.18. The van der Waals surface area contributed by atoms with Crippen LogP contribution in [-0.4, -0.2) is 6.71 Å². The Labute approximate surface area is 301 Å². The maximum Gasteiger partial charge on any atom is 0.294 e. The van der Waals surface area contributed by atoms with Gasteiger partial charge in [0, 0.05) is 28.1 Å². The third-order valence-electron chi connectivity index (χ3n) is 12.0. The summed E-state index contributed by atoms with van der Waals surface area (Å²) < 4.78 is 7.31. The van der Waals surface area contributed by atoms with Crippen molar-refractivity contribution in [2.45, 2.75) is 112 Å². The molecule has 1 aromatic heterocycles. The van der Waals surface area contributed by atoms with E-state index in [4.69, 9.17) is 4.42 Å². The van der Waals surface area contributed by atoms with Gasteiger partial charge in [-0.05, 0) is 133 Å². The van der Waals surface area contributed by atoms with Gasteiger partial charge in [0.05, 0.1) is 11.3 Å². The predicted molar refractivity (Wildman–Crippen MR) is 218 cm³/mol. The van der Waals surface area contributed by atoms with Gasteiger partial charge in [-0.1, -0.05) is 103 Å². The minimum Gasteiger partial charge on any atom is -0.468 e. The van der Waals surface area contributed by atoms with E-state index < -0.39 is 0 Å². The van der Waals surface area contributed by atoms with Crippen molar-refractivity contribution in [3.8, 4) is 0 Å². The van der Waals surface area contributed by atoms with Crippen molar-refractivity contribution in [2.75, 3.05) is 10.2 Å². The lowest BCUT2D eigenvalue weighted by Crippen LogP contribution is -2.51. The third-order valence-corrected chi connectivity index (χ3v) is 12.0. The molecule has 1 unspecified atom stereocenters. The van der Waals surface area contributed by atoms with Crippen LogP contribution in [0.5, 0.6) is 0 Å². The van der Waals surface area contributed by atoms with E-state index in [0.717, 1.165) is 41.2 Å². The lowest BCUT2D eigenvalue weighted by atomic mass is 9.35. The summed E-state index contributed by atoms with van der Waals surface area (Å²) in [6, 6.07) is 20.7. The van der Waals surface area contributed by atoms with Crippen LogP contribution >= 0.6 is 0 Å². The molecule has 2 aliphatic carbocycles. The van der Waals surface area contributed by atoms with Crippen molar-refractivity contribution >= 4 is 51.6 Å². The molecular formula is C46H55BN2O. The van der Waals surface area contributed by atoms with E-state index in [2.05, 4.69) is 164 Å². The van der Waals surface area contributed by atoms with Crippen LogP contribution in [0.4, 0.5) is 22.7 Å². The molecule has 7 rings (SSSR count). The highest BCUT2D eigenvalue weighted by atomic mass is 16.3.